The maximum absolute atomic E-state index is 12.9. The first kappa shape index (κ1) is 26.9. The molecule has 0 saturated carbocycles. The van der Waals surface area contributed by atoms with Crippen LogP contribution in [0.5, 0.6) is 11.5 Å². The first-order valence-electron chi connectivity index (χ1n) is 11.9. The molecule has 3 aromatic carbocycles. The van der Waals surface area contributed by atoms with Crippen molar-refractivity contribution in [3.05, 3.63) is 83.9 Å². The third kappa shape index (κ3) is 3.95. The summed E-state index contributed by atoms with van der Waals surface area (Å²) in [7, 11) is -2.46. The van der Waals surface area contributed by atoms with E-state index in [-0.39, 0.29) is 22.7 Å². The molecule has 3 aromatic rings. The quantitative estimate of drug-likeness (QED) is 0.306. The van der Waals surface area contributed by atoms with Gasteiger partial charge >= 0.3 is 15.7 Å². The van der Waals surface area contributed by atoms with E-state index in [9.17, 15) is 22.9 Å². The van der Waals surface area contributed by atoms with Crippen LogP contribution in [0.4, 0.5) is 11.4 Å². The number of rotatable bonds is 6. The van der Waals surface area contributed by atoms with E-state index in [1.165, 1.54) is 26.4 Å². The molecule has 0 radical (unpaired) electrons. The number of nitrogens with one attached hydrogen (secondary N) is 1. The Balaban J connectivity index is 1.77. The molecule has 0 fully saturated rings. The number of aliphatic hydroxyl groups is 1. The van der Waals surface area contributed by atoms with Crippen LogP contribution < -0.4 is 19.7 Å². The van der Waals surface area contributed by atoms with Gasteiger partial charge in [0.05, 0.1) is 11.3 Å². The molecule has 0 spiro atoms. The molecule has 5 rings (SSSR count). The highest BCUT2D eigenvalue weighted by atomic mass is 32.2. The van der Waals surface area contributed by atoms with Crippen LogP contribution in [0.15, 0.2) is 72.8 Å². The Morgan fingerprint density at radius 2 is 1.64 bits per heavy atom. The van der Waals surface area contributed by atoms with Gasteiger partial charge in [-0.1, -0.05) is 30.3 Å². The molecule has 12 heteroatoms. The Labute approximate surface area is 225 Å². The summed E-state index contributed by atoms with van der Waals surface area (Å²) in [6.45, 7) is 3.09. The molecule has 1 amide bonds. The fraction of sp³-hybridized carbons (Fsp3) is 0.296. The molecule has 3 N–H and O–H groups in total. The molecule has 2 aliphatic rings. The number of carbonyl (C=O) groups is 1. The van der Waals surface area contributed by atoms with Gasteiger partial charge in [-0.05, 0) is 56.3 Å². The van der Waals surface area contributed by atoms with Crippen LogP contribution in [0, 0.1) is 0 Å². The molecule has 0 bridgehead atoms. The minimum absolute atomic E-state index is 0.105. The standard InChI is InChI=1S/C27H28N2O9S/c1-25(2)27(31,36-4)26(35-3,29-20-12-8-9-13-22(20)37-24(29)39(32,33)34)19-16-18(14-15-21(19)38-25)28-23(30)17-10-6-5-7-11-17/h5-16,24,31H,1-4H3,(H,28,30)(H,32,33,34). The molecule has 3 unspecified atom stereocenters. The van der Waals surface area contributed by atoms with E-state index in [0.29, 0.717) is 11.3 Å². The van der Waals surface area contributed by atoms with Gasteiger partial charge in [-0.25, -0.2) is 0 Å². The molecule has 39 heavy (non-hydrogen) atoms. The summed E-state index contributed by atoms with van der Waals surface area (Å²) < 4.78 is 59.2. The Morgan fingerprint density at radius 3 is 2.28 bits per heavy atom. The Morgan fingerprint density at radius 1 is 0.974 bits per heavy atom. The van der Waals surface area contributed by atoms with Crippen LogP contribution >= 0.6 is 0 Å². The molecule has 0 aromatic heterocycles. The number of carbonyl (C=O) groups excluding carboxylic acids is 1. The predicted molar refractivity (Wildman–Crippen MR) is 141 cm³/mol. The number of hydrogen-bond acceptors (Lipinski definition) is 9. The van der Waals surface area contributed by atoms with Crippen LogP contribution in [-0.2, 0) is 25.3 Å². The lowest BCUT2D eigenvalue weighted by molar-refractivity contribution is -0.368. The van der Waals surface area contributed by atoms with Gasteiger partial charge < -0.3 is 29.4 Å². The molecular formula is C27H28N2O9S. The van der Waals surface area contributed by atoms with Gasteiger partial charge in [0, 0.05) is 25.5 Å². The summed E-state index contributed by atoms with van der Waals surface area (Å²) in [5.74, 6) is -2.48. The monoisotopic (exact) mass is 556 g/mol. The summed E-state index contributed by atoms with van der Waals surface area (Å²) in [5.41, 5.74) is -4.76. The number of fused-ring (bicyclic) bond motifs is 2. The third-order valence-electron chi connectivity index (χ3n) is 7.03. The number of methoxy groups -OCH3 is 2. The largest absolute Gasteiger partial charge is 0.482 e. The minimum atomic E-state index is -4.93. The number of para-hydroxylation sites is 2. The van der Waals surface area contributed by atoms with Crippen molar-refractivity contribution in [2.75, 3.05) is 24.4 Å². The highest BCUT2D eigenvalue weighted by Gasteiger charge is 2.73. The fourth-order valence-electron chi connectivity index (χ4n) is 5.26. The summed E-state index contributed by atoms with van der Waals surface area (Å²) in [4.78, 5) is 14.0. The SMILES string of the molecule is COC1(N2c3ccccc3OC2S(=O)(=O)O)c2cc(NC(=O)c3ccccc3)ccc2OC(C)(C)C1(O)OC. The lowest BCUT2D eigenvalue weighted by Crippen LogP contribution is -2.77. The van der Waals surface area contributed by atoms with Crippen LogP contribution in [-0.4, -0.2) is 55.2 Å². The molecule has 11 nitrogen and oxygen atoms in total. The second-order valence-corrected chi connectivity index (χ2v) is 11.1. The lowest BCUT2D eigenvalue weighted by Gasteiger charge is -2.58. The zero-order chi connectivity index (χ0) is 28.2. The number of benzene rings is 3. The van der Waals surface area contributed by atoms with Gasteiger partial charge in [0.25, 0.3) is 11.7 Å². The Kier molecular flexibility index (Phi) is 6.35. The third-order valence-corrected chi connectivity index (χ3v) is 7.84. The molecule has 3 atom stereocenters. The van der Waals surface area contributed by atoms with Crippen LogP contribution in [0.25, 0.3) is 0 Å². The van der Waals surface area contributed by atoms with Gasteiger partial charge in [0.1, 0.15) is 11.5 Å². The van der Waals surface area contributed by atoms with Gasteiger partial charge in [0.15, 0.2) is 5.60 Å². The fourth-order valence-corrected chi connectivity index (χ4v) is 6.01. The summed E-state index contributed by atoms with van der Waals surface area (Å²) in [6, 6.07) is 19.5. The van der Waals surface area contributed by atoms with Crippen molar-refractivity contribution in [2.45, 2.75) is 36.5 Å². The summed E-state index contributed by atoms with van der Waals surface area (Å²) >= 11 is 0. The second kappa shape index (κ2) is 9.21. The number of amides is 1. The van der Waals surface area contributed by atoms with Crippen molar-refractivity contribution in [3.63, 3.8) is 0 Å². The maximum atomic E-state index is 12.9. The van der Waals surface area contributed by atoms with E-state index in [4.69, 9.17) is 18.9 Å². The molecule has 2 aliphatic heterocycles. The highest BCUT2D eigenvalue weighted by molar-refractivity contribution is 7.86. The zero-order valence-electron chi connectivity index (χ0n) is 21.6. The van der Waals surface area contributed by atoms with Gasteiger partial charge in [0.2, 0.25) is 5.72 Å². The van der Waals surface area contributed by atoms with Gasteiger partial charge in [-0.15, -0.1) is 0 Å². The van der Waals surface area contributed by atoms with E-state index in [2.05, 4.69) is 5.32 Å². The average Bonchev–Trinajstić information content (AvgIpc) is 3.31. The molecule has 206 valence electrons. The van der Waals surface area contributed by atoms with E-state index in [1.54, 1.807) is 74.5 Å². The average molecular weight is 557 g/mol. The van der Waals surface area contributed by atoms with Crippen molar-refractivity contribution in [2.24, 2.45) is 0 Å². The number of hydrogen-bond donors (Lipinski definition) is 3. The second-order valence-electron chi connectivity index (χ2n) is 9.62. The molecular weight excluding hydrogens is 528 g/mol. The predicted octanol–water partition coefficient (Wildman–Crippen LogP) is 3.31. The minimum Gasteiger partial charge on any atom is -0.482 e. The van der Waals surface area contributed by atoms with Crippen LogP contribution in [0.3, 0.4) is 0 Å². The smallest absolute Gasteiger partial charge is 0.324 e. The summed E-state index contributed by atoms with van der Waals surface area (Å²) in [6.07, 6.45) is 0. The number of nitrogens with zero attached hydrogens (tertiary/aromatic N) is 1. The first-order chi connectivity index (χ1) is 18.4. The molecule has 2 heterocycles. The number of ether oxygens (including phenoxy) is 4. The summed E-state index contributed by atoms with van der Waals surface area (Å²) in [5, 5.41) is 15.0. The van der Waals surface area contributed by atoms with Gasteiger partial charge in [-0.2, -0.15) is 8.42 Å². The van der Waals surface area contributed by atoms with E-state index >= 15 is 0 Å². The maximum Gasteiger partial charge on any atom is 0.324 e. The van der Waals surface area contributed by atoms with E-state index < -0.39 is 38.7 Å². The van der Waals surface area contributed by atoms with E-state index in [1.807, 2.05) is 0 Å². The van der Waals surface area contributed by atoms with Gasteiger partial charge in [-0.3, -0.25) is 14.2 Å². The van der Waals surface area contributed by atoms with Crippen molar-refractivity contribution < 1.29 is 41.8 Å². The molecule has 0 saturated heterocycles. The van der Waals surface area contributed by atoms with Crippen LogP contribution in [0.2, 0.25) is 0 Å². The molecule has 0 aliphatic carbocycles. The van der Waals surface area contributed by atoms with Crippen molar-refractivity contribution in [3.8, 4) is 11.5 Å². The van der Waals surface area contributed by atoms with E-state index in [0.717, 1.165) is 4.90 Å². The van der Waals surface area contributed by atoms with Crippen molar-refractivity contribution in [1.29, 1.82) is 0 Å². The Hall–Kier alpha value is -3.68. The highest BCUT2D eigenvalue weighted by Crippen LogP contribution is 2.59. The Bertz CT molecular complexity index is 1530. The van der Waals surface area contributed by atoms with Crippen LogP contribution in [0.1, 0.15) is 29.8 Å². The zero-order valence-corrected chi connectivity index (χ0v) is 22.4. The topological polar surface area (TPSA) is 144 Å². The lowest BCUT2D eigenvalue weighted by atomic mass is 9.78. The number of anilines is 2. The van der Waals surface area contributed by atoms with Crippen molar-refractivity contribution >= 4 is 27.4 Å². The first-order valence-corrected chi connectivity index (χ1v) is 13.4. The normalized spacial score (nSPS) is 25.2. The van der Waals surface area contributed by atoms with Crippen molar-refractivity contribution in [1.82, 2.24) is 0 Å².